The number of amides is 1. The second-order valence-electron chi connectivity index (χ2n) is 6.92. The fraction of sp³-hybridized carbons (Fsp3) is 0.333. The number of halogens is 3. The molecule has 0 saturated carbocycles. The van der Waals surface area contributed by atoms with Crippen LogP contribution in [0.5, 0.6) is 0 Å². The van der Waals surface area contributed by atoms with E-state index in [0.717, 1.165) is 45.4 Å². The van der Waals surface area contributed by atoms with Gasteiger partial charge in [-0.2, -0.15) is 17.5 Å². The normalized spacial score (nSPS) is 15.5. The highest BCUT2D eigenvalue weighted by Gasteiger charge is 2.34. The number of sulfonamides is 1. The summed E-state index contributed by atoms with van der Waals surface area (Å²) in [7, 11) is -4.21. The molecule has 0 radical (unpaired) electrons. The molecular weight excluding hydrogens is 457 g/mol. The maximum Gasteiger partial charge on any atom is 0.416 e. The van der Waals surface area contributed by atoms with Gasteiger partial charge in [0.05, 0.1) is 21.6 Å². The number of aromatic nitrogens is 1. The first-order chi connectivity index (χ1) is 14.9. The first-order valence-electron chi connectivity index (χ1n) is 9.19. The molecule has 1 amide bonds. The minimum atomic E-state index is -4.69. The summed E-state index contributed by atoms with van der Waals surface area (Å²) >= 11 is 0. The van der Waals surface area contributed by atoms with Crippen LogP contribution >= 0.6 is 0 Å². The van der Waals surface area contributed by atoms with E-state index >= 15 is 0 Å². The summed E-state index contributed by atoms with van der Waals surface area (Å²) < 4.78 is 66.0. The summed E-state index contributed by atoms with van der Waals surface area (Å²) in [6.45, 7) is -0.898. The molecule has 0 spiro atoms. The second-order valence-corrected chi connectivity index (χ2v) is 8.86. The fourth-order valence-corrected chi connectivity index (χ4v) is 4.62. The zero-order valence-corrected chi connectivity index (χ0v) is 17.2. The van der Waals surface area contributed by atoms with Crippen LogP contribution in [-0.2, 0) is 27.5 Å². The molecule has 1 aromatic heterocycles. The molecule has 1 aromatic carbocycles. The summed E-state index contributed by atoms with van der Waals surface area (Å²) in [6.07, 6.45) is -3.75. The fourth-order valence-electron chi connectivity index (χ4n) is 3.16. The molecule has 3 rings (SSSR count). The average molecular weight is 474 g/mol. The van der Waals surface area contributed by atoms with Gasteiger partial charge in [-0.1, -0.05) is 6.07 Å². The molecule has 1 aliphatic heterocycles. The van der Waals surface area contributed by atoms with Gasteiger partial charge < -0.3 is 4.90 Å². The number of alkyl halides is 3. The lowest BCUT2D eigenvalue weighted by atomic mass is 10.2. The number of piperazine rings is 1. The summed E-state index contributed by atoms with van der Waals surface area (Å²) in [6, 6.07) is 5.38. The van der Waals surface area contributed by atoms with E-state index in [0.29, 0.717) is 6.07 Å². The maximum absolute atomic E-state index is 12.9. The molecule has 1 saturated heterocycles. The molecule has 172 valence electrons. The first-order valence-corrected chi connectivity index (χ1v) is 10.6. The average Bonchev–Trinajstić information content (AvgIpc) is 2.74. The zero-order valence-electron chi connectivity index (χ0n) is 16.4. The lowest BCUT2D eigenvalue weighted by Gasteiger charge is -2.34. The molecule has 2 heterocycles. The van der Waals surface area contributed by atoms with Crippen molar-refractivity contribution >= 4 is 21.6 Å². The molecule has 14 heteroatoms. The Morgan fingerprint density at radius 2 is 1.75 bits per heavy atom. The third-order valence-corrected chi connectivity index (χ3v) is 6.77. The van der Waals surface area contributed by atoms with Gasteiger partial charge in [0, 0.05) is 38.3 Å². The summed E-state index contributed by atoms with van der Waals surface area (Å²) in [5.41, 5.74) is -2.07. The third kappa shape index (κ3) is 4.96. The largest absolute Gasteiger partial charge is 0.416 e. The summed E-state index contributed by atoms with van der Waals surface area (Å²) in [4.78, 5) is 35.2. The van der Waals surface area contributed by atoms with Crippen LogP contribution in [0.2, 0.25) is 0 Å². The van der Waals surface area contributed by atoms with E-state index in [1.807, 2.05) is 0 Å². The molecule has 0 bridgehead atoms. The van der Waals surface area contributed by atoms with Gasteiger partial charge in [-0.05, 0) is 18.2 Å². The number of nitrogens with zero attached hydrogens (tertiary/aromatic N) is 4. The second kappa shape index (κ2) is 8.70. The maximum atomic E-state index is 12.9. The minimum absolute atomic E-state index is 0.0549. The topological polar surface area (TPSA) is 123 Å². The molecule has 0 atom stereocenters. The number of hydrogen-bond donors (Lipinski definition) is 0. The first kappa shape index (κ1) is 23.4. The van der Waals surface area contributed by atoms with Crippen LogP contribution in [0.3, 0.4) is 0 Å². The number of carbonyl (C=O) groups is 1. The van der Waals surface area contributed by atoms with Crippen molar-refractivity contribution in [2.75, 3.05) is 26.2 Å². The van der Waals surface area contributed by atoms with Crippen molar-refractivity contribution in [3.05, 3.63) is 68.6 Å². The number of rotatable bonds is 5. The number of carbonyl (C=O) groups excluding carboxylic acids is 1. The molecule has 0 aliphatic carbocycles. The van der Waals surface area contributed by atoms with Crippen LogP contribution in [0, 0.1) is 10.1 Å². The van der Waals surface area contributed by atoms with Crippen LogP contribution in [0.15, 0.2) is 52.3 Å². The monoisotopic (exact) mass is 474 g/mol. The molecule has 1 aliphatic rings. The smallest absolute Gasteiger partial charge is 0.339 e. The van der Waals surface area contributed by atoms with Crippen LogP contribution in [0.25, 0.3) is 0 Å². The Morgan fingerprint density at radius 3 is 2.34 bits per heavy atom. The minimum Gasteiger partial charge on any atom is -0.339 e. The highest BCUT2D eigenvalue weighted by Crippen LogP contribution is 2.31. The number of pyridine rings is 1. The van der Waals surface area contributed by atoms with Gasteiger partial charge >= 0.3 is 6.18 Å². The van der Waals surface area contributed by atoms with Crippen molar-refractivity contribution in [3.63, 3.8) is 0 Å². The zero-order chi connectivity index (χ0) is 23.7. The van der Waals surface area contributed by atoms with E-state index in [2.05, 4.69) is 0 Å². The Hall–Kier alpha value is -3.26. The van der Waals surface area contributed by atoms with Crippen molar-refractivity contribution in [1.29, 1.82) is 0 Å². The molecule has 1 fully saturated rings. The quantitative estimate of drug-likeness (QED) is 0.476. The van der Waals surface area contributed by atoms with E-state index in [1.54, 1.807) is 0 Å². The van der Waals surface area contributed by atoms with E-state index in [4.69, 9.17) is 0 Å². The van der Waals surface area contributed by atoms with Gasteiger partial charge in [-0.15, -0.1) is 0 Å². The molecule has 0 unspecified atom stereocenters. The standard InChI is InChI=1S/C18H17F3N4O6S/c19-18(20,21)13-2-1-3-15(10-13)32(30,31)24-8-6-22(7-9-24)17(27)12-23-11-14(25(28)29)4-5-16(23)26/h1-5,10-11H,6-9,12H2. The molecule has 32 heavy (non-hydrogen) atoms. The SMILES string of the molecule is O=C(Cn1cc([N+](=O)[O-])ccc1=O)N1CCN(S(=O)(=O)c2cccc(C(F)(F)F)c2)CC1. The van der Waals surface area contributed by atoms with Crippen LogP contribution in [0.1, 0.15) is 5.56 Å². The number of benzene rings is 1. The Kier molecular flexibility index (Phi) is 6.37. The van der Waals surface area contributed by atoms with E-state index < -0.39 is 49.6 Å². The highest BCUT2D eigenvalue weighted by molar-refractivity contribution is 7.89. The van der Waals surface area contributed by atoms with Gasteiger partial charge in [-0.25, -0.2) is 8.42 Å². The van der Waals surface area contributed by atoms with Gasteiger partial charge in [0.1, 0.15) is 6.54 Å². The van der Waals surface area contributed by atoms with E-state index in [1.165, 1.54) is 4.90 Å². The molecule has 2 aromatic rings. The predicted molar refractivity (Wildman–Crippen MR) is 104 cm³/mol. The molecule has 0 N–H and O–H groups in total. The van der Waals surface area contributed by atoms with Crippen LogP contribution < -0.4 is 5.56 Å². The molecular formula is C18H17F3N4O6S. The Balaban J connectivity index is 1.68. The Bertz CT molecular complexity index is 1200. The van der Waals surface area contributed by atoms with Crippen molar-refractivity contribution in [2.24, 2.45) is 0 Å². The van der Waals surface area contributed by atoms with Crippen molar-refractivity contribution < 1.29 is 31.3 Å². The van der Waals surface area contributed by atoms with Gasteiger partial charge in [-0.3, -0.25) is 24.3 Å². The van der Waals surface area contributed by atoms with Gasteiger partial charge in [0.15, 0.2) is 0 Å². The van der Waals surface area contributed by atoms with Crippen molar-refractivity contribution in [2.45, 2.75) is 17.6 Å². The van der Waals surface area contributed by atoms with E-state index in [-0.39, 0.29) is 31.9 Å². The van der Waals surface area contributed by atoms with Crippen LogP contribution in [-0.4, -0.2) is 59.2 Å². The van der Waals surface area contributed by atoms with Crippen molar-refractivity contribution in [1.82, 2.24) is 13.8 Å². The lowest BCUT2D eigenvalue weighted by molar-refractivity contribution is -0.385. The predicted octanol–water partition coefficient (Wildman–Crippen LogP) is 1.31. The van der Waals surface area contributed by atoms with E-state index in [9.17, 15) is 41.3 Å². The van der Waals surface area contributed by atoms with Gasteiger partial charge in [0.25, 0.3) is 11.2 Å². The molecule has 10 nitrogen and oxygen atoms in total. The number of hydrogen-bond acceptors (Lipinski definition) is 6. The lowest BCUT2D eigenvalue weighted by Crippen LogP contribution is -2.51. The summed E-state index contributed by atoms with van der Waals surface area (Å²) in [5, 5.41) is 10.8. The van der Waals surface area contributed by atoms with Crippen LogP contribution in [0.4, 0.5) is 18.9 Å². The summed E-state index contributed by atoms with van der Waals surface area (Å²) in [5.74, 6) is -0.552. The van der Waals surface area contributed by atoms with Gasteiger partial charge in [0.2, 0.25) is 15.9 Å². The Labute approximate surface area is 179 Å². The Morgan fingerprint density at radius 1 is 1.09 bits per heavy atom. The third-order valence-electron chi connectivity index (χ3n) is 4.87. The van der Waals surface area contributed by atoms with Crippen molar-refractivity contribution in [3.8, 4) is 0 Å². The number of nitro groups is 1. The highest BCUT2D eigenvalue weighted by atomic mass is 32.2.